The number of hydrogen-bond donors (Lipinski definition) is 3. The fourth-order valence-corrected chi connectivity index (χ4v) is 5.00. The summed E-state index contributed by atoms with van der Waals surface area (Å²) in [6.07, 6.45) is 2.91. The summed E-state index contributed by atoms with van der Waals surface area (Å²) in [5.41, 5.74) is -1.31. The summed E-state index contributed by atoms with van der Waals surface area (Å²) in [5.74, 6) is -3.31. The van der Waals surface area contributed by atoms with E-state index in [1.807, 2.05) is 0 Å². The van der Waals surface area contributed by atoms with Gasteiger partial charge in [-0.2, -0.15) is 0 Å². The number of rotatable bonds is 8. The molecular formula is C29H36F2N4O7. The van der Waals surface area contributed by atoms with Crippen LogP contribution in [0.15, 0.2) is 28.5 Å². The Balaban J connectivity index is 1.58. The number of halogens is 2. The van der Waals surface area contributed by atoms with Crippen LogP contribution >= 0.6 is 0 Å². The van der Waals surface area contributed by atoms with Crippen LogP contribution in [0.1, 0.15) is 69.8 Å². The fourth-order valence-electron chi connectivity index (χ4n) is 5.00. The van der Waals surface area contributed by atoms with Crippen LogP contribution in [0.4, 0.5) is 19.3 Å². The number of alkyl carbamates (subject to hydrolysis) is 1. The molecule has 1 saturated heterocycles. The van der Waals surface area contributed by atoms with E-state index in [0.717, 1.165) is 18.9 Å². The summed E-state index contributed by atoms with van der Waals surface area (Å²) in [7, 11) is 1.34. The maximum atomic E-state index is 15.7. The van der Waals surface area contributed by atoms with Crippen molar-refractivity contribution in [3.05, 3.63) is 45.3 Å². The molecule has 1 aromatic heterocycles. The Bertz CT molecular complexity index is 1510. The summed E-state index contributed by atoms with van der Waals surface area (Å²) >= 11 is 0. The van der Waals surface area contributed by atoms with Crippen LogP contribution in [0.3, 0.4) is 0 Å². The molecule has 11 nitrogen and oxygen atoms in total. The van der Waals surface area contributed by atoms with Crippen LogP contribution in [0, 0.1) is 5.82 Å². The van der Waals surface area contributed by atoms with Crippen molar-refractivity contribution in [3.63, 3.8) is 0 Å². The van der Waals surface area contributed by atoms with Crippen LogP contribution in [0.5, 0.6) is 5.75 Å². The molecule has 2 aromatic rings. The molecule has 3 N–H and O–H groups in total. The summed E-state index contributed by atoms with van der Waals surface area (Å²) in [6.45, 7) is 6.47. The zero-order chi connectivity index (χ0) is 30.9. The lowest BCUT2D eigenvalue weighted by atomic mass is 10.0. The zero-order valence-corrected chi connectivity index (χ0v) is 24.3. The number of carbonyl (C=O) groups is 3. The highest BCUT2D eigenvalue weighted by molar-refractivity contribution is 5.97. The molecule has 2 fully saturated rings. The van der Waals surface area contributed by atoms with Gasteiger partial charge < -0.3 is 34.7 Å². The third kappa shape index (κ3) is 6.66. The molecule has 13 heteroatoms. The topological polar surface area (TPSA) is 139 Å². The Hall–Kier alpha value is -4.16. The van der Waals surface area contributed by atoms with Crippen molar-refractivity contribution in [2.24, 2.45) is 0 Å². The molecule has 1 aromatic carbocycles. The maximum absolute atomic E-state index is 15.7. The predicted molar refractivity (Wildman–Crippen MR) is 151 cm³/mol. The molecule has 0 bridgehead atoms. The number of aromatic carboxylic acids is 1. The standard InChI is InChI=1S/C29H36F2N4O7/c1-15(33-28(40)42-29(2,3)4)26(37)32-12-21(31)16-7-6-10-34(13-16)23-20(30)11-18-22(25(23)41-5)35(17-8-9-17)14-19(24(18)36)27(38)39/h11,14-15,17H,6-10,12-13H2,1-5H3,(H,32,37)(H,33,40)(H,38,39). The van der Waals surface area contributed by atoms with Crippen LogP contribution in [-0.4, -0.2) is 66.0 Å². The van der Waals surface area contributed by atoms with Crippen LogP contribution in [0.25, 0.3) is 10.9 Å². The molecular weight excluding hydrogens is 554 g/mol. The Labute approximate surface area is 241 Å². The average molecular weight is 591 g/mol. The number of nitrogens with one attached hydrogen (secondary N) is 2. The number of pyridine rings is 1. The van der Waals surface area contributed by atoms with Gasteiger partial charge in [-0.05, 0) is 65.0 Å². The average Bonchev–Trinajstić information content (AvgIpc) is 3.75. The van der Waals surface area contributed by atoms with Crippen molar-refractivity contribution in [1.29, 1.82) is 0 Å². The number of benzene rings is 1. The lowest BCUT2D eigenvalue weighted by Gasteiger charge is -2.33. The smallest absolute Gasteiger partial charge is 0.408 e. The molecule has 2 amide bonds. The number of amides is 2. The number of aromatic nitrogens is 1. The van der Waals surface area contributed by atoms with Crippen molar-refractivity contribution in [3.8, 4) is 5.75 Å². The molecule has 1 aliphatic carbocycles. The van der Waals surface area contributed by atoms with E-state index in [9.17, 15) is 24.3 Å². The maximum Gasteiger partial charge on any atom is 0.408 e. The number of carbonyl (C=O) groups excluding carboxylic acids is 2. The van der Waals surface area contributed by atoms with Gasteiger partial charge in [-0.1, -0.05) is 0 Å². The number of carboxylic acid groups (broad SMARTS) is 1. The number of anilines is 1. The lowest BCUT2D eigenvalue weighted by Crippen LogP contribution is -2.46. The van der Waals surface area contributed by atoms with Gasteiger partial charge in [0.05, 0.1) is 24.6 Å². The Morgan fingerprint density at radius 3 is 2.52 bits per heavy atom. The van der Waals surface area contributed by atoms with Crippen molar-refractivity contribution < 1.29 is 37.7 Å². The summed E-state index contributed by atoms with van der Waals surface area (Å²) < 4.78 is 43.4. The second kappa shape index (κ2) is 12.0. The van der Waals surface area contributed by atoms with Gasteiger partial charge in [-0.3, -0.25) is 9.59 Å². The van der Waals surface area contributed by atoms with E-state index in [-0.39, 0.29) is 29.4 Å². The molecule has 1 aliphatic heterocycles. The molecule has 228 valence electrons. The third-order valence-electron chi connectivity index (χ3n) is 7.11. The normalized spacial score (nSPS) is 17.5. The van der Waals surface area contributed by atoms with Crippen molar-refractivity contribution in [1.82, 2.24) is 15.2 Å². The van der Waals surface area contributed by atoms with E-state index in [0.29, 0.717) is 30.5 Å². The highest BCUT2D eigenvalue weighted by Crippen LogP contribution is 2.44. The predicted octanol–water partition coefficient (Wildman–Crippen LogP) is 4.04. The first kappa shape index (κ1) is 30.8. The minimum absolute atomic E-state index is 0.00702. The molecule has 0 radical (unpaired) electrons. The van der Waals surface area contributed by atoms with Gasteiger partial charge in [0, 0.05) is 25.3 Å². The number of nitrogens with zero attached hydrogens (tertiary/aromatic N) is 2. The van der Waals surface area contributed by atoms with E-state index in [1.54, 1.807) is 30.2 Å². The number of hydrogen-bond acceptors (Lipinski definition) is 7. The molecule has 1 atom stereocenters. The van der Waals surface area contributed by atoms with E-state index >= 15 is 8.78 Å². The third-order valence-corrected chi connectivity index (χ3v) is 7.11. The van der Waals surface area contributed by atoms with Crippen molar-refractivity contribution in [2.45, 2.75) is 71.1 Å². The molecule has 4 rings (SSSR count). The van der Waals surface area contributed by atoms with Crippen LogP contribution in [0.2, 0.25) is 0 Å². The summed E-state index contributed by atoms with van der Waals surface area (Å²) in [6, 6.07) is -0.000253. The van der Waals surface area contributed by atoms with Gasteiger partial charge >= 0.3 is 12.1 Å². The van der Waals surface area contributed by atoms with Gasteiger partial charge in [-0.15, -0.1) is 0 Å². The first-order valence-electron chi connectivity index (χ1n) is 13.8. The van der Waals surface area contributed by atoms with Gasteiger partial charge in [0.2, 0.25) is 11.3 Å². The van der Waals surface area contributed by atoms with Gasteiger partial charge in [0.1, 0.15) is 28.7 Å². The molecule has 1 unspecified atom stereocenters. The van der Waals surface area contributed by atoms with Crippen LogP contribution in [-0.2, 0) is 9.53 Å². The zero-order valence-electron chi connectivity index (χ0n) is 24.3. The second-order valence-corrected chi connectivity index (χ2v) is 11.6. The van der Waals surface area contributed by atoms with E-state index < -0.39 is 58.8 Å². The molecule has 2 aliphatic rings. The molecule has 42 heavy (non-hydrogen) atoms. The van der Waals surface area contributed by atoms with Gasteiger partial charge in [0.25, 0.3) is 0 Å². The molecule has 2 heterocycles. The van der Waals surface area contributed by atoms with Crippen molar-refractivity contribution in [2.75, 3.05) is 31.6 Å². The quantitative estimate of drug-likeness (QED) is 0.419. The summed E-state index contributed by atoms with van der Waals surface area (Å²) in [4.78, 5) is 50.7. The first-order valence-corrected chi connectivity index (χ1v) is 13.8. The van der Waals surface area contributed by atoms with E-state index in [4.69, 9.17) is 9.47 Å². The Morgan fingerprint density at radius 2 is 1.93 bits per heavy atom. The molecule has 0 spiro atoms. The number of ether oxygens (including phenoxy) is 2. The molecule has 1 saturated carbocycles. The number of methoxy groups -OCH3 is 1. The van der Waals surface area contributed by atoms with Gasteiger partial charge in [0.15, 0.2) is 11.6 Å². The van der Waals surface area contributed by atoms with Gasteiger partial charge in [-0.25, -0.2) is 18.4 Å². The first-order chi connectivity index (χ1) is 19.7. The fraction of sp³-hybridized carbons (Fsp3) is 0.517. The van der Waals surface area contributed by atoms with Crippen molar-refractivity contribution >= 4 is 34.6 Å². The Kier molecular flexibility index (Phi) is 8.79. The minimum atomic E-state index is -1.40. The lowest BCUT2D eigenvalue weighted by molar-refractivity contribution is -0.122. The largest absolute Gasteiger partial charge is 0.492 e. The second-order valence-electron chi connectivity index (χ2n) is 11.6. The van der Waals surface area contributed by atoms with Crippen LogP contribution < -0.4 is 25.7 Å². The number of carboxylic acids is 1. The summed E-state index contributed by atoms with van der Waals surface area (Å²) in [5, 5.41) is 14.3. The minimum Gasteiger partial charge on any atom is -0.492 e. The number of fused-ring (bicyclic) bond motifs is 1. The highest BCUT2D eigenvalue weighted by Gasteiger charge is 2.32. The Morgan fingerprint density at radius 1 is 1.24 bits per heavy atom. The number of piperidine rings is 1. The van der Waals surface area contributed by atoms with E-state index in [1.165, 1.54) is 20.2 Å². The SMILES string of the molecule is COc1c(N2CCCC(=C(F)CNC(=O)C(C)NC(=O)OC(C)(C)C)C2)c(F)cc2c(=O)c(C(=O)O)cn(C3CC3)c12. The monoisotopic (exact) mass is 590 g/mol. The van der Waals surface area contributed by atoms with E-state index in [2.05, 4.69) is 10.6 Å². The highest BCUT2D eigenvalue weighted by atomic mass is 19.1.